The Balaban J connectivity index is 0.000000242. The van der Waals surface area contributed by atoms with Gasteiger partial charge in [-0.15, -0.1) is 0 Å². The van der Waals surface area contributed by atoms with Crippen molar-refractivity contribution in [3.8, 4) is 0 Å². The molecule has 0 radical (unpaired) electrons. The van der Waals surface area contributed by atoms with Gasteiger partial charge in [0.2, 0.25) is 0 Å². The van der Waals surface area contributed by atoms with Crippen molar-refractivity contribution in [2.45, 2.75) is 85.1 Å². The Morgan fingerprint density at radius 3 is 0.746 bits per heavy atom. The van der Waals surface area contributed by atoms with Crippen LogP contribution in [0.4, 0.5) is 0 Å². The summed E-state index contributed by atoms with van der Waals surface area (Å²) in [4.78, 5) is 40.2. The van der Waals surface area contributed by atoms with Crippen molar-refractivity contribution in [3.63, 3.8) is 0 Å². The standard InChI is InChI=1S/2C30H29NO2.C2H4O.C2H6/c2*32-30(33-24-28-19-11-4-12-20-28)29(21-25-13-5-1-6-14-25)31(22-26-15-7-2-8-16-26)23-27-17-9-3-10-18-27;1-2-3;1-2/h2*1-20,29H,21-24H2;2H,1H3;1-2H3. The van der Waals surface area contributed by atoms with E-state index in [2.05, 4.69) is 82.6 Å². The lowest BCUT2D eigenvalue weighted by Gasteiger charge is -2.30. The fraction of sp³-hybridized carbons (Fsp3) is 0.203. The van der Waals surface area contributed by atoms with Crippen LogP contribution in [0.15, 0.2) is 243 Å². The fourth-order valence-corrected chi connectivity index (χ4v) is 7.87. The first-order valence-electron chi connectivity index (χ1n) is 24.5. The van der Waals surface area contributed by atoms with E-state index in [-0.39, 0.29) is 25.2 Å². The maximum Gasteiger partial charge on any atom is 0.324 e. The number of nitrogens with zero attached hydrogens (tertiary/aromatic N) is 2. The van der Waals surface area contributed by atoms with E-state index in [4.69, 9.17) is 14.3 Å². The highest BCUT2D eigenvalue weighted by Gasteiger charge is 2.30. The van der Waals surface area contributed by atoms with Gasteiger partial charge in [0, 0.05) is 26.2 Å². The van der Waals surface area contributed by atoms with Crippen LogP contribution >= 0.6 is 0 Å². The molecule has 2 atom stereocenters. The molecule has 7 heteroatoms. The third kappa shape index (κ3) is 20.0. The van der Waals surface area contributed by atoms with Gasteiger partial charge in [0.1, 0.15) is 31.6 Å². The first-order valence-corrected chi connectivity index (χ1v) is 24.5. The number of esters is 2. The highest BCUT2D eigenvalue weighted by molar-refractivity contribution is 5.77. The molecule has 0 aliphatic heterocycles. The van der Waals surface area contributed by atoms with Gasteiger partial charge in [-0.05, 0) is 64.3 Å². The van der Waals surface area contributed by atoms with Gasteiger partial charge in [0.05, 0.1) is 0 Å². The summed E-state index contributed by atoms with van der Waals surface area (Å²) >= 11 is 0. The Morgan fingerprint density at radius 1 is 0.352 bits per heavy atom. The van der Waals surface area contributed by atoms with Crippen molar-refractivity contribution in [1.29, 1.82) is 0 Å². The summed E-state index contributed by atoms with van der Waals surface area (Å²) in [6, 6.07) is 80.4. The minimum atomic E-state index is -0.406. The Hall–Kier alpha value is -7.71. The summed E-state index contributed by atoms with van der Waals surface area (Å²) in [5.74, 6) is -0.399. The van der Waals surface area contributed by atoms with Gasteiger partial charge < -0.3 is 14.3 Å². The molecule has 2 unspecified atom stereocenters. The molecule has 8 aromatic carbocycles. The molecule has 0 N–H and O–H groups in total. The summed E-state index contributed by atoms with van der Waals surface area (Å²) < 4.78 is 11.7. The van der Waals surface area contributed by atoms with Crippen molar-refractivity contribution in [2.75, 3.05) is 0 Å². The van der Waals surface area contributed by atoms with Crippen LogP contribution in [0.2, 0.25) is 0 Å². The predicted molar refractivity (Wildman–Crippen MR) is 288 cm³/mol. The SMILES string of the molecule is CC.CC=O.O=C(OCc1ccccc1)C(Cc1ccccc1)N(Cc1ccccc1)Cc1ccccc1.O=C(OCc1ccccc1)C(Cc1ccccc1)N(Cc1ccccc1)Cc1ccccc1. The van der Waals surface area contributed by atoms with Gasteiger partial charge in [-0.25, -0.2) is 0 Å². The molecule has 0 amide bonds. The van der Waals surface area contributed by atoms with Crippen LogP contribution in [-0.4, -0.2) is 40.1 Å². The molecule has 7 nitrogen and oxygen atoms in total. The van der Waals surface area contributed by atoms with Gasteiger partial charge in [-0.3, -0.25) is 19.4 Å². The third-order valence-electron chi connectivity index (χ3n) is 11.3. The highest BCUT2D eigenvalue weighted by atomic mass is 16.5. The minimum absolute atomic E-state index is 0.199. The number of rotatable bonds is 20. The number of benzene rings is 8. The first kappa shape index (κ1) is 54.2. The summed E-state index contributed by atoms with van der Waals surface area (Å²) in [6.45, 7) is 8.63. The lowest BCUT2D eigenvalue weighted by molar-refractivity contribution is -0.153. The largest absolute Gasteiger partial charge is 0.460 e. The molecule has 0 saturated carbocycles. The van der Waals surface area contributed by atoms with Crippen LogP contribution in [0.5, 0.6) is 0 Å². The zero-order chi connectivity index (χ0) is 50.1. The zero-order valence-corrected chi connectivity index (χ0v) is 41.4. The van der Waals surface area contributed by atoms with Crippen LogP contribution in [0.25, 0.3) is 0 Å². The topological polar surface area (TPSA) is 76.2 Å². The quantitative estimate of drug-likeness (QED) is 0.0556. The molecule has 8 rings (SSSR count). The van der Waals surface area contributed by atoms with E-state index in [0.29, 0.717) is 39.0 Å². The van der Waals surface area contributed by atoms with E-state index >= 15 is 0 Å². The average molecular weight is 945 g/mol. The van der Waals surface area contributed by atoms with E-state index in [1.807, 2.05) is 184 Å². The Kier molecular flexibility index (Phi) is 24.6. The molecule has 0 aliphatic carbocycles. The predicted octanol–water partition coefficient (Wildman–Crippen LogP) is 13.3. The molecule has 0 aliphatic rings. The van der Waals surface area contributed by atoms with E-state index in [1.165, 1.54) is 29.2 Å². The van der Waals surface area contributed by atoms with Crippen LogP contribution in [0, 0.1) is 0 Å². The van der Waals surface area contributed by atoms with Crippen LogP contribution < -0.4 is 0 Å². The van der Waals surface area contributed by atoms with Crippen molar-refractivity contribution in [2.24, 2.45) is 0 Å². The average Bonchev–Trinajstić information content (AvgIpc) is 3.43. The van der Waals surface area contributed by atoms with Crippen LogP contribution in [0.1, 0.15) is 65.3 Å². The fourth-order valence-electron chi connectivity index (χ4n) is 7.87. The van der Waals surface area contributed by atoms with Gasteiger partial charge in [0.15, 0.2) is 0 Å². The second-order valence-corrected chi connectivity index (χ2v) is 16.6. The monoisotopic (exact) mass is 945 g/mol. The molecule has 0 heterocycles. The lowest BCUT2D eigenvalue weighted by Crippen LogP contribution is -2.43. The van der Waals surface area contributed by atoms with E-state index in [0.717, 1.165) is 28.5 Å². The number of ether oxygens (including phenoxy) is 2. The van der Waals surface area contributed by atoms with E-state index in [9.17, 15) is 9.59 Å². The Bertz CT molecular complexity index is 2360. The van der Waals surface area contributed by atoms with E-state index < -0.39 is 12.1 Å². The van der Waals surface area contributed by atoms with E-state index in [1.54, 1.807) is 0 Å². The smallest absolute Gasteiger partial charge is 0.324 e. The lowest BCUT2D eigenvalue weighted by atomic mass is 10.0. The zero-order valence-electron chi connectivity index (χ0n) is 41.4. The van der Waals surface area contributed by atoms with Gasteiger partial charge in [0.25, 0.3) is 0 Å². The van der Waals surface area contributed by atoms with Crippen LogP contribution in [-0.2, 0) is 76.1 Å². The van der Waals surface area contributed by atoms with Crippen molar-refractivity contribution in [1.82, 2.24) is 9.80 Å². The molecule has 364 valence electrons. The Labute approximate surface area is 422 Å². The van der Waals surface area contributed by atoms with Crippen molar-refractivity contribution in [3.05, 3.63) is 287 Å². The van der Waals surface area contributed by atoms with Gasteiger partial charge >= 0.3 is 11.9 Å². The van der Waals surface area contributed by atoms with Crippen molar-refractivity contribution < 1.29 is 23.9 Å². The Morgan fingerprint density at radius 2 is 0.535 bits per heavy atom. The molecule has 8 aromatic rings. The first-order chi connectivity index (χ1) is 35.0. The normalized spacial score (nSPS) is 11.2. The second-order valence-electron chi connectivity index (χ2n) is 16.6. The van der Waals surface area contributed by atoms with Crippen molar-refractivity contribution >= 4 is 18.2 Å². The number of carbonyl (C=O) groups excluding carboxylic acids is 3. The number of hydrogen-bond acceptors (Lipinski definition) is 7. The molecular formula is C64H68N2O5. The molecule has 0 bridgehead atoms. The molecule has 71 heavy (non-hydrogen) atoms. The van der Waals surface area contributed by atoms with Gasteiger partial charge in [-0.1, -0.05) is 257 Å². The molecule has 0 saturated heterocycles. The maximum atomic E-state index is 13.5. The number of hydrogen-bond donors (Lipinski definition) is 0. The summed E-state index contributed by atoms with van der Waals surface area (Å²) in [5, 5.41) is 0. The maximum absolute atomic E-state index is 13.5. The summed E-state index contributed by atoms with van der Waals surface area (Å²) in [7, 11) is 0. The number of carbonyl (C=O) groups is 3. The minimum Gasteiger partial charge on any atom is -0.460 e. The molecular weight excluding hydrogens is 877 g/mol. The molecule has 0 spiro atoms. The second kappa shape index (κ2) is 32.2. The summed E-state index contributed by atoms with van der Waals surface area (Å²) in [6.07, 6.45) is 1.93. The molecule has 0 aromatic heterocycles. The molecule has 0 fully saturated rings. The van der Waals surface area contributed by atoms with Gasteiger partial charge in [-0.2, -0.15) is 0 Å². The van der Waals surface area contributed by atoms with Crippen LogP contribution in [0.3, 0.4) is 0 Å². The summed E-state index contributed by atoms with van der Waals surface area (Å²) in [5.41, 5.74) is 8.88. The number of aldehydes is 1. The third-order valence-corrected chi connectivity index (χ3v) is 11.3. The highest BCUT2D eigenvalue weighted by Crippen LogP contribution is 2.21.